The summed E-state index contributed by atoms with van der Waals surface area (Å²) in [4.78, 5) is 23.4. The highest BCUT2D eigenvalue weighted by molar-refractivity contribution is 9.10. The molecule has 2 aromatic rings. The van der Waals surface area contributed by atoms with E-state index < -0.39 is 11.9 Å². The molecule has 0 aromatic heterocycles. The molecule has 0 spiro atoms. The first-order valence-electron chi connectivity index (χ1n) is 7.44. The molecule has 0 bridgehead atoms. The Labute approximate surface area is 149 Å². The highest BCUT2D eigenvalue weighted by Crippen LogP contribution is 2.23. The Hall–Kier alpha value is -2.34. The summed E-state index contributed by atoms with van der Waals surface area (Å²) in [5.41, 5.74) is 1.71. The van der Waals surface area contributed by atoms with Crippen LogP contribution in [0.25, 0.3) is 0 Å². The molecule has 1 N–H and O–H groups in total. The number of para-hydroxylation sites is 1. The van der Waals surface area contributed by atoms with Gasteiger partial charge in [0.05, 0.1) is 18.7 Å². The van der Waals surface area contributed by atoms with E-state index in [2.05, 4.69) is 21.2 Å². The maximum Gasteiger partial charge on any atom is 0.309 e. The van der Waals surface area contributed by atoms with E-state index in [1.165, 1.54) is 0 Å². The first-order valence-corrected chi connectivity index (χ1v) is 8.23. The molecule has 0 saturated carbocycles. The quantitative estimate of drug-likeness (QED) is 0.730. The SMILES string of the molecule is Cc1ccc(NC(=O)COC(=O)CCOc2ccccc2)c(Br)c1. The molecule has 0 radical (unpaired) electrons. The van der Waals surface area contributed by atoms with Gasteiger partial charge in [0.1, 0.15) is 5.75 Å². The van der Waals surface area contributed by atoms with Crippen molar-refractivity contribution < 1.29 is 19.1 Å². The summed E-state index contributed by atoms with van der Waals surface area (Å²) in [6, 6.07) is 14.7. The summed E-state index contributed by atoms with van der Waals surface area (Å²) in [5.74, 6) is -0.187. The highest BCUT2D eigenvalue weighted by atomic mass is 79.9. The smallest absolute Gasteiger partial charge is 0.309 e. The van der Waals surface area contributed by atoms with Gasteiger partial charge in [-0.05, 0) is 52.7 Å². The number of benzene rings is 2. The third-order valence-corrected chi connectivity index (χ3v) is 3.74. The van der Waals surface area contributed by atoms with Crippen molar-refractivity contribution in [3.05, 3.63) is 58.6 Å². The summed E-state index contributed by atoms with van der Waals surface area (Å²) in [7, 11) is 0. The van der Waals surface area contributed by atoms with Crippen LogP contribution in [0.4, 0.5) is 5.69 Å². The number of ether oxygens (including phenoxy) is 2. The normalized spacial score (nSPS) is 10.1. The lowest BCUT2D eigenvalue weighted by Gasteiger charge is -2.09. The Bertz CT molecular complexity index is 703. The van der Waals surface area contributed by atoms with Crippen LogP contribution in [0.15, 0.2) is 53.0 Å². The predicted octanol–water partition coefficient (Wildman–Crippen LogP) is 3.71. The van der Waals surface area contributed by atoms with Crippen LogP contribution in [0.3, 0.4) is 0 Å². The van der Waals surface area contributed by atoms with E-state index in [-0.39, 0.29) is 19.6 Å². The van der Waals surface area contributed by atoms with E-state index in [1.807, 2.05) is 37.3 Å². The molecule has 0 aliphatic carbocycles. The van der Waals surface area contributed by atoms with E-state index >= 15 is 0 Å². The van der Waals surface area contributed by atoms with Gasteiger partial charge in [-0.15, -0.1) is 0 Å². The van der Waals surface area contributed by atoms with Crippen molar-refractivity contribution in [1.29, 1.82) is 0 Å². The Balaban J connectivity index is 1.68. The van der Waals surface area contributed by atoms with Crippen molar-refractivity contribution in [2.45, 2.75) is 13.3 Å². The Morgan fingerprint density at radius 3 is 2.58 bits per heavy atom. The van der Waals surface area contributed by atoms with Crippen LogP contribution >= 0.6 is 15.9 Å². The fourth-order valence-corrected chi connectivity index (χ4v) is 2.49. The standard InChI is InChI=1S/C18H18BrNO4/c1-13-7-8-16(15(19)11-13)20-17(21)12-24-18(22)9-10-23-14-5-3-2-4-6-14/h2-8,11H,9-10,12H2,1H3,(H,20,21). The molecule has 0 saturated heterocycles. The number of nitrogens with one attached hydrogen (secondary N) is 1. The Morgan fingerprint density at radius 1 is 1.12 bits per heavy atom. The van der Waals surface area contributed by atoms with Crippen LogP contribution in [-0.4, -0.2) is 25.1 Å². The zero-order valence-electron chi connectivity index (χ0n) is 13.3. The van der Waals surface area contributed by atoms with Crippen LogP contribution in [-0.2, 0) is 14.3 Å². The molecule has 0 aliphatic heterocycles. The fourth-order valence-electron chi connectivity index (χ4n) is 1.89. The number of anilines is 1. The number of carbonyl (C=O) groups is 2. The monoisotopic (exact) mass is 391 g/mol. The third-order valence-electron chi connectivity index (χ3n) is 3.08. The van der Waals surface area contributed by atoms with Gasteiger partial charge in [-0.25, -0.2) is 0 Å². The number of amides is 1. The molecule has 126 valence electrons. The molecule has 0 aliphatic rings. The molecule has 1 amide bonds. The van der Waals surface area contributed by atoms with Crippen LogP contribution in [0, 0.1) is 6.92 Å². The van der Waals surface area contributed by atoms with Crippen molar-refractivity contribution in [1.82, 2.24) is 0 Å². The number of esters is 1. The molecule has 2 aromatic carbocycles. The van der Waals surface area contributed by atoms with Gasteiger partial charge in [0.25, 0.3) is 5.91 Å². The van der Waals surface area contributed by atoms with Gasteiger partial charge >= 0.3 is 5.97 Å². The number of hydrogen-bond acceptors (Lipinski definition) is 4. The van der Waals surface area contributed by atoms with Crippen LogP contribution in [0.2, 0.25) is 0 Å². The summed E-state index contributed by atoms with van der Waals surface area (Å²) >= 11 is 3.37. The maximum atomic E-state index is 11.8. The average molecular weight is 392 g/mol. The average Bonchev–Trinajstić information content (AvgIpc) is 2.56. The van der Waals surface area contributed by atoms with E-state index in [0.717, 1.165) is 10.0 Å². The molecule has 0 fully saturated rings. The van der Waals surface area contributed by atoms with Gasteiger partial charge in [-0.3, -0.25) is 9.59 Å². The summed E-state index contributed by atoms with van der Waals surface area (Å²) < 4.78 is 11.1. The van der Waals surface area contributed by atoms with E-state index in [0.29, 0.717) is 11.4 Å². The van der Waals surface area contributed by atoms with Crippen LogP contribution in [0.1, 0.15) is 12.0 Å². The fraction of sp³-hybridized carbons (Fsp3) is 0.222. The number of rotatable bonds is 7. The van der Waals surface area contributed by atoms with Crippen LogP contribution in [0.5, 0.6) is 5.75 Å². The number of aryl methyl sites for hydroxylation is 1. The lowest BCUT2D eigenvalue weighted by molar-refractivity contribution is -0.147. The highest BCUT2D eigenvalue weighted by Gasteiger charge is 2.10. The topological polar surface area (TPSA) is 64.6 Å². The molecule has 0 heterocycles. The van der Waals surface area contributed by atoms with Crippen molar-refractivity contribution in [3.63, 3.8) is 0 Å². The van der Waals surface area contributed by atoms with E-state index in [1.54, 1.807) is 18.2 Å². The lowest BCUT2D eigenvalue weighted by atomic mass is 10.2. The van der Waals surface area contributed by atoms with E-state index in [4.69, 9.17) is 9.47 Å². The van der Waals surface area contributed by atoms with Crippen molar-refractivity contribution in [2.24, 2.45) is 0 Å². The molecule has 0 unspecified atom stereocenters. The van der Waals surface area contributed by atoms with Gasteiger partial charge in [0, 0.05) is 4.47 Å². The first-order chi connectivity index (χ1) is 11.5. The number of halogens is 1. The van der Waals surface area contributed by atoms with Gasteiger partial charge < -0.3 is 14.8 Å². The summed E-state index contributed by atoms with van der Waals surface area (Å²) in [5, 5.41) is 2.68. The van der Waals surface area contributed by atoms with Crippen molar-refractivity contribution in [3.8, 4) is 5.75 Å². The Kier molecular flexibility index (Phi) is 6.81. The van der Waals surface area contributed by atoms with Gasteiger partial charge in [-0.1, -0.05) is 24.3 Å². The molecule has 5 nitrogen and oxygen atoms in total. The largest absolute Gasteiger partial charge is 0.493 e. The minimum absolute atomic E-state index is 0.0798. The second-order valence-corrected chi connectivity index (χ2v) is 5.96. The predicted molar refractivity (Wildman–Crippen MR) is 95.0 cm³/mol. The lowest BCUT2D eigenvalue weighted by Crippen LogP contribution is -2.21. The third kappa shape index (κ3) is 6.04. The number of carbonyl (C=O) groups excluding carboxylic acids is 2. The van der Waals surface area contributed by atoms with Crippen molar-refractivity contribution in [2.75, 3.05) is 18.5 Å². The molecule has 24 heavy (non-hydrogen) atoms. The first kappa shape index (κ1) is 18.0. The molecular formula is C18H18BrNO4. The minimum atomic E-state index is -0.482. The zero-order valence-corrected chi connectivity index (χ0v) is 14.8. The van der Waals surface area contributed by atoms with Gasteiger partial charge in [0.15, 0.2) is 6.61 Å². The van der Waals surface area contributed by atoms with Gasteiger partial charge in [0.2, 0.25) is 0 Å². The molecule has 0 atom stereocenters. The molecule has 2 rings (SSSR count). The van der Waals surface area contributed by atoms with Gasteiger partial charge in [-0.2, -0.15) is 0 Å². The second kappa shape index (κ2) is 9.08. The summed E-state index contributed by atoms with van der Waals surface area (Å²) in [6.45, 7) is 1.83. The molecular weight excluding hydrogens is 374 g/mol. The number of hydrogen-bond donors (Lipinski definition) is 1. The van der Waals surface area contributed by atoms with Crippen LogP contribution < -0.4 is 10.1 Å². The second-order valence-electron chi connectivity index (χ2n) is 5.10. The van der Waals surface area contributed by atoms with E-state index in [9.17, 15) is 9.59 Å². The summed E-state index contributed by atoms with van der Waals surface area (Å²) in [6.07, 6.45) is 0.0798. The maximum absolute atomic E-state index is 11.8. The van der Waals surface area contributed by atoms with Crippen molar-refractivity contribution >= 4 is 33.5 Å². The molecule has 6 heteroatoms. The minimum Gasteiger partial charge on any atom is -0.493 e. The zero-order chi connectivity index (χ0) is 17.4. The Morgan fingerprint density at radius 2 is 1.88 bits per heavy atom.